The number of nitrogens with zero attached hydrogens (tertiary/aromatic N) is 1. The third-order valence-corrected chi connectivity index (χ3v) is 6.71. The molecular weight excluding hydrogens is 316 g/mol. The summed E-state index contributed by atoms with van der Waals surface area (Å²) in [5.41, 5.74) is 4.66. The Kier molecular flexibility index (Phi) is 2.93. The molecule has 3 heterocycles. The molecule has 2 fully saturated rings. The van der Waals surface area contributed by atoms with Crippen molar-refractivity contribution in [1.82, 2.24) is 4.90 Å². The molecular formula is C20H22N2O3. The van der Waals surface area contributed by atoms with E-state index in [1.54, 1.807) is 6.07 Å². The second-order valence-electron chi connectivity index (χ2n) is 7.46. The van der Waals surface area contributed by atoms with Crippen LogP contribution in [-0.4, -0.2) is 42.2 Å². The molecule has 5 rings (SSSR count). The number of carbonyl (C=O) groups is 1. The van der Waals surface area contributed by atoms with Gasteiger partial charge in [-0.1, -0.05) is 23.8 Å². The number of nitrogens with one attached hydrogen (secondary N) is 1. The van der Waals surface area contributed by atoms with Crippen molar-refractivity contribution in [2.75, 3.05) is 25.5 Å². The smallest absolute Gasteiger partial charge is 0.336 e. The fourth-order valence-electron chi connectivity index (χ4n) is 5.67. The lowest BCUT2D eigenvalue weighted by Crippen LogP contribution is -2.53. The highest BCUT2D eigenvalue weighted by Gasteiger charge is 2.62. The minimum Gasteiger partial charge on any atom is -0.506 e. The van der Waals surface area contributed by atoms with Crippen LogP contribution in [0.5, 0.6) is 5.75 Å². The van der Waals surface area contributed by atoms with E-state index >= 15 is 0 Å². The molecule has 5 nitrogen and oxygen atoms in total. The number of aromatic hydroxyl groups is 1. The molecule has 2 bridgehead atoms. The van der Waals surface area contributed by atoms with Gasteiger partial charge in [-0.05, 0) is 31.4 Å². The number of phenols is 1. The van der Waals surface area contributed by atoms with Gasteiger partial charge in [0.05, 0.1) is 23.8 Å². The van der Waals surface area contributed by atoms with Crippen LogP contribution in [0.3, 0.4) is 0 Å². The average molecular weight is 338 g/mol. The number of ether oxygens (including phenoxy) is 1. The van der Waals surface area contributed by atoms with Gasteiger partial charge in [-0.3, -0.25) is 4.90 Å². The summed E-state index contributed by atoms with van der Waals surface area (Å²) in [6, 6.07) is 6.06. The van der Waals surface area contributed by atoms with Gasteiger partial charge in [0.25, 0.3) is 0 Å². The maximum atomic E-state index is 12.8. The highest BCUT2D eigenvalue weighted by Crippen LogP contribution is 2.62. The number of allylic oxidation sites excluding steroid dienone is 1. The van der Waals surface area contributed by atoms with Crippen molar-refractivity contribution >= 4 is 11.7 Å². The predicted octanol–water partition coefficient (Wildman–Crippen LogP) is 2.54. The fourth-order valence-corrected chi connectivity index (χ4v) is 5.67. The van der Waals surface area contributed by atoms with E-state index in [-0.39, 0.29) is 23.1 Å². The first-order chi connectivity index (χ1) is 12.1. The molecule has 0 amide bonds. The topological polar surface area (TPSA) is 61.8 Å². The van der Waals surface area contributed by atoms with Gasteiger partial charge < -0.3 is 15.2 Å². The van der Waals surface area contributed by atoms with Crippen molar-refractivity contribution in [2.24, 2.45) is 5.92 Å². The Bertz CT molecular complexity index is 856. The van der Waals surface area contributed by atoms with Crippen LogP contribution in [0.1, 0.15) is 25.3 Å². The lowest BCUT2D eigenvalue weighted by Gasteiger charge is -2.48. The van der Waals surface area contributed by atoms with Crippen LogP contribution >= 0.6 is 0 Å². The lowest BCUT2D eigenvalue weighted by molar-refractivity contribution is -0.137. The summed E-state index contributed by atoms with van der Waals surface area (Å²) in [5.74, 6) is 0.0958. The molecule has 4 aliphatic rings. The molecule has 1 aliphatic carbocycles. The predicted molar refractivity (Wildman–Crippen MR) is 94.3 cm³/mol. The Hall–Kier alpha value is -2.27. The van der Waals surface area contributed by atoms with Gasteiger partial charge in [-0.2, -0.15) is 0 Å². The summed E-state index contributed by atoms with van der Waals surface area (Å²) in [5, 5.41) is 13.8. The monoisotopic (exact) mass is 338 g/mol. The number of rotatable bonds is 1. The summed E-state index contributed by atoms with van der Waals surface area (Å²) in [6.07, 6.45) is 4.04. The Balaban J connectivity index is 1.83. The number of piperidine rings is 1. The number of para-hydroxylation sites is 1. The maximum absolute atomic E-state index is 12.8. The summed E-state index contributed by atoms with van der Waals surface area (Å²) in [7, 11) is 1.45. The summed E-state index contributed by atoms with van der Waals surface area (Å²) in [4.78, 5) is 15.3. The van der Waals surface area contributed by atoms with E-state index in [0.29, 0.717) is 6.04 Å². The van der Waals surface area contributed by atoms with Crippen LogP contribution in [0.15, 0.2) is 41.1 Å². The quantitative estimate of drug-likeness (QED) is 0.468. The Morgan fingerprint density at radius 3 is 3.08 bits per heavy atom. The second kappa shape index (κ2) is 4.88. The number of phenolic OH excluding ortho intramolecular Hbond substituents is 1. The van der Waals surface area contributed by atoms with E-state index in [2.05, 4.69) is 29.3 Å². The van der Waals surface area contributed by atoms with Crippen LogP contribution in [0.2, 0.25) is 0 Å². The minimum absolute atomic E-state index is 0.101. The molecule has 2 saturated heterocycles. The standard InChI is InChI=1S/C20H22N2O3/c1-3-11-10-22-8-7-20-13-5-4-6-14(23)17(13)21-18(20)16(19(24)25-2)12(11)9-15(20)22/h3-6,12,15,21,23H,7-10H2,1-2H3/b11-3-. The number of hydrogen-bond acceptors (Lipinski definition) is 5. The summed E-state index contributed by atoms with van der Waals surface area (Å²) in [6.45, 7) is 3.97. The third-order valence-electron chi connectivity index (χ3n) is 6.71. The van der Waals surface area contributed by atoms with E-state index < -0.39 is 0 Å². The highest BCUT2D eigenvalue weighted by molar-refractivity contribution is 5.94. The SMILES string of the molecule is C/C=C1/CN2CCC34C(=C(C(=O)OC)C1CC23)Nc1c(O)cccc14. The van der Waals surface area contributed by atoms with Gasteiger partial charge in [0.1, 0.15) is 5.75 Å². The minimum atomic E-state index is -0.252. The second-order valence-corrected chi connectivity index (χ2v) is 7.46. The zero-order valence-corrected chi connectivity index (χ0v) is 14.5. The molecule has 3 atom stereocenters. The van der Waals surface area contributed by atoms with Gasteiger partial charge >= 0.3 is 5.97 Å². The van der Waals surface area contributed by atoms with Crippen molar-refractivity contribution in [3.63, 3.8) is 0 Å². The molecule has 3 unspecified atom stereocenters. The van der Waals surface area contributed by atoms with Crippen molar-refractivity contribution in [3.05, 3.63) is 46.7 Å². The molecule has 0 radical (unpaired) electrons. The number of anilines is 1. The van der Waals surface area contributed by atoms with Gasteiger partial charge in [0, 0.05) is 30.7 Å². The molecule has 5 heteroatoms. The fraction of sp³-hybridized carbons (Fsp3) is 0.450. The van der Waals surface area contributed by atoms with Crippen molar-refractivity contribution in [2.45, 2.75) is 31.2 Å². The first kappa shape index (κ1) is 15.0. The number of carbonyl (C=O) groups excluding carboxylic acids is 1. The summed E-state index contributed by atoms with van der Waals surface area (Å²) >= 11 is 0. The van der Waals surface area contributed by atoms with Gasteiger partial charge in [-0.25, -0.2) is 4.79 Å². The normalized spacial score (nSPS) is 33.9. The molecule has 0 saturated carbocycles. The zero-order chi connectivity index (χ0) is 17.3. The number of hydrogen-bond donors (Lipinski definition) is 2. The van der Waals surface area contributed by atoms with E-state index in [9.17, 15) is 9.90 Å². The van der Waals surface area contributed by atoms with Gasteiger partial charge in [0.15, 0.2) is 0 Å². The first-order valence-electron chi connectivity index (χ1n) is 8.93. The molecule has 2 N–H and O–H groups in total. The molecule has 130 valence electrons. The van der Waals surface area contributed by atoms with Gasteiger partial charge in [-0.15, -0.1) is 0 Å². The Morgan fingerprint density at radius 1 is 1.48 bits per heavy atom. The Morgan fingerprint density at radius 2 is 2.32 bits per heavy atom. The average Bonchev–Trinajstić information content (AvgIpc) is 3.18. The lowest BCUT2D eigenvalue weighted by atomic mass is 9.62. The van der Waals surface area contributed by atoms with Crippen molar-refractivity contribution in [1.29, 1.82) is 0 Å². The molecule has 3 aliphatic heterocycles. The number of esters is 1. The zero-order valence-electron chi connectivity index (χ0n) is 14.5. The van der Waals surface area contributed by atoms with Crippen molar-refractivity contribution in [3.8, 4) is 5.75 Å². The van der Waals surface area contributed by atoms with Crippen LogP contribution in [-0.2, 0) is 14.9 Å². The first-order valence-corrected chi connectivity index (χ1v) is 8.93. The maximum Gasteiger partial charge on any atom is 0.336 e. The van der Waals surface area contributed by atoms with E-state index in [4.69, 9.17) is 4.74 Å². The summed E-state index contributed by atoms with van der Waals surface area (Å²) < 4.78 is 5.17. The van der Waals surface area contributed by atoms with Gasteiger partial charge in [0.2, 0.25) is 0 Å². The van der Waals surface area contributed by atoms with E-state index in [1.165, 1.54) is 12.7 Å². The van der Waals surface area contributed by atoms with Crippen LogP contribution < -0.4 is 5.32 Å². The van der Waals surface area contributed by atoms with Crippen LogP contribution in [0, 0.1) is 5.92 Å². The Labute approximate surface area is 147 Å². The number of benzene rings is 1. The largest absolute Gasteiger partial charge is 0.506 e. The molecule has 1 spiro atoms. The van der Waals surface area contributed by atoms with E-state index in [0.717, 1.165) is 48.5 Å². The molecule has 1 aromatic carbocycles. The van der Waals surface area contributed by atoms with Crippen molar-refractivity contribution < 1.29 is 14.6 Å². The van der Waals surface area contributed by atoms with Crippen LogP contribution in [0.25, 0.3) is 0 Å². The van der Waals surface area contributed by atoms with Crippen LogP contribution in [0.4, 0.5) is 5.69 Å². The third kappa shape index (κ3) is 1.64. The molecule has 1 aromatic rings. The van der Waals surface area contributed by atoms with E-state index in [1.807, 2.05) is 6.07 Å². The number of methoxy groups -OCH3 is 1. The molecule has 0 aromatic heterocycles. The number of fused-ring (bicyclic) bond motifs is 2. The molecule has 25 heavy (non-hydrogen) atoms. The highest BCUT2D eigenvalue weighted by atomic mass is 16.5.